The average Bonchev–Trinajstić information content (AvgIpc) is 2.46. The fraction of sp³-hybridized carbons (Fsp3) is 0.538. The highest BCUT2D eigenvalue weighted by Gasteiger charge is 2.32. The zero-order chi connectivity index (χ0) is 13.7. The van der Waals surface area contributed by atoms with Gasteiger partial charge in [0.25, 0.3) is 5.91 Å². The molecule has 2 heterocycles. The Labute approximate surface area is 120 Å². The Morgan fingerprint density at radius 1 is 1.47 bits per heavy atom. The van der Waals surface area contributed by atoms with Gasteiger partial charge in [-0.1, -0.05) is 6.07 Å². The van der Waals surface area contributed by atoms with Crippen LogP contribution in [0.15, 0.2) is 22.8 Å². The number of aliphatic hydroxyl groups excluding tert-OH is 1. The molecule has 1 aromatic heterocycles. The molecule has 0 spiro atoms. The SMILES string of the molecule is O=C(NCC1(CO)CCOCC1)c1cccc(Br)n1. The molecule has 1 aromatic rings. The van der Waals surface area contributed by atoms with Crippen LogP contribution in [0.4, 0.5) is 0 Å². The average molecular weight is 329 g/mol. The van der Waals surface area contributed by atoms with Crippen molar-refractivity contribution < 1.29 is 14.6 Å². The zero-order valence-electron chi connectivity index (χ0n) is 10.6. The number of aromatic nitrogens is 1. The summed E-state index contributed by atoms with van der Waals surface area (Å²) in [5.74, 6) is -0.222. The number of ether oxygens (including phenoxy) is 1. The first-order chi connectivity index (χ1) is 9.15. The van der Waals surface area contributed by atoms with E-state index < -0.39 is 0 Å². The Morgan fingerprint density at radius 3 is 2.84 bits per heavy atom. The van der Waals surface area contributed by atoms with E-state index in [0.29, 0.717) is 30.1 Å². The van der Waals surface area contributed by atoms with Crippen LogP contribution in [-0.4, -0.2) is 42.4 Å². The van der Waals surface area contributed by atoms with Crippen LogP contribution in [0.3, 0.4) is 0 Å². The van der Waals surface area contributed by atoms with E-state index in [1.54, 1.807) is 18.2 Å². The molecule has 0 atom stereocenters. The lowest BCUT2D eigenvalue weighted by atomic mass is 9.81. The molecule has 2 rings (SSSR count). The molecule has 0 aliphatic carbocycles. The maximum atomic E-state index is 12.0. The van der Waals surface area contributed by atoms with Gasteiger partial charge in [0.05, 0.1) is 6.61 Å². The number of halogens is 1. The first-order valence-electron chi connectivity index (χ1n) is 6.25. The topological polar surface area (TPSA) is 71.5 Å². The summed E-state index contributed by atoms with van der Waals surface area (Å²) >= 11 is 3.23. The molecule has 19 heavy (non-hydrogen) atoms. The first kappa shape index (κ1) is 14.4. The number of carbonyl (C=O) groups is 1. The van der Waals surface area contributed by atoms with Gasteiger partial charge in [0.15, 0.2) is 0 Å². The van der Waals surface area contributed by atoms with Crippen molar-refractivity contribution in [2.24, 2.45) is 5.41 Å². The molecule has 5 nitrogen and oxygen atoms in total. The van der Waals surface area contributed by atoms with Gasteiger partial charge in [0, 0.05) is 25.2 Å². The number of hydrogen-bond acceptors (Lipinski definition) is 4. The van der Waals surface area contributed by atoms with Crippen LogP contribution in [0.2, 0.25) is 0 Å². The lowest BCUT2D eigenvalue weighted by Gasteiger charge is -2.35. The van der Waals surface area contributed by atoms with Crippen LogP contribution < -0.4 is 5.32 Å². The van der Waals surface area contributed by atoms with Gasteiger partial charge in [-0.05, 0) is 40.9 Å². The van der Waals surface area contributed by atoms with Crippen LogP contribution in [0.25, 0.3) is 0 Å². The molecule has 1 aliphatic rings. The van der Waals surface area contributed by atoms with Gasteiger partial charge in [-0.15, -0.1) is 0 Å². The smallest absolute Gasteiger partial charge is 0.269 e. The Hall–Kier alpha value is -0.980. The fourth-order valence-corrected chi connectivity index (χ4v) is 2.43. The van der Waals surface area contributed by atoms with Crippen molar-refractivity contribution in [1.29, 1.82) is 0 Å². The van der Waals surface area contributed by atoms with Crippen LogP contribution in [0.5, 0.6) is 0 Å². The Balaban J connectivity index is 1.95. The van der Waals surface area contributed by atoms with Gasteiger partial charge in [0.1, 0.15) is 10.3 Å². The van der Waals surface area contributed by atoms with Crippen molar-refractivity contribution in [3.8, 4) is 0 Å². The number of carbonyl (C=O) groups excluding carboxylic acids is 1. The molecule has 104 valence electrons. The van der Waals surface area contributed by atoms with Crippen molar-refractivity contribution >= 4 is 21.8 Å². The lowest BCUT2D eigenvalue weighted by Crippen LogP contribution is -2.43. The fourth-order valence-electron chi connectivity index (χ4n) is 2.09. The number of rotatable bonds is 4. The van der Waals surface area contributed by atoms with Gasteiger partial charge in [0.2, 0.25) is 0 Å². The highest BCUT2D eigenvalue weighted by molar-refractivity contribution is 9.10. The number of nitrogens with zero attached hydrogens (tertiary/aromatic N) is 1. The molecule has 0 radical (unpaired) electrons. The normalized spacial score (nSPS) is 18.0. The predicted octanol–water partition coefficient (Wildman–Crippen LogP) is 1.36. The molecule has 0 saturated carbocycles. The van der Waals surface area contributed by atoms with Crippen LogP contribution >= 0.6 is 15.9 Å². The third kappa shape index (κ3) is 3.75. The number of nitrogens with one attached hydrogen (secondary N) is 1. The summed E-state index contributed by atoms with van der Waals surface area (Å²) in [6, 6.07) is 5.20. The third-order valence-electron chi connectivity index (χ3n) is 3.46. The summed E-state index contributed by atoms with van der Waals surface area (Å²) in [5, 5.41) is 12.4. The standard InChI is InChI=1S/C13H17BrN2O3/c14-11-3-1-2-10(16-11)12(18)15-8-13(9-17)4-6-19-7-5-13/h1-3,17H,4-9H2,(H,15,18). The molecule has 0 aromatic carbocycles. The summed E-state index contributed by atoms with van der Waals surface area (Å²) in [6.07, 6.45) is 1.52. The van der Waals surface area contributed by atoms with Crippen LogP contribution in [0, 0.1) is 5.41 Å². The minimum atomic E-state index is -0.264. The monoisotopic (exact) mass is 328 g/mol. The van der Waals surface area contributed by atoms with E-state index >= 15 is 0 Å². The maximum absolute atomic E-state index is 12.0. The Bertz CT molecular complexity index is 447. The molecular weight excluding hydrogens is 312 g/mol. The van der Waals surface area contributed by atoms with E-state index in [9.17, 15) is 9.90 Å². The van der Waals surface area contributed by atoms with E-state index in [0.717, 1.165) is 12.8 Å². The van der Waals surface area contributed by atoms with Crippen LogP contribution in [-0.2, 0) is 4.74 Å². The van der Waals surface area contributed by atoms with E-state index in [4.69, 9.17) is 4.74 Å². The molecule has 6 heteroatoms. The molecule has 1 amide bonds. The number of hydrogen-bond donors (Lipinski definition) is 2. The van der Waals surface area contributed by atoms with E-state index in [-0.39, 0.29) is 17.9 Å². The Morgan fingerprint density at radius 2 is 2.21 bits per heavy atom. The van der Waals surface area contributed by atoms with E-state index in [2.05, 4.69) is 26.2 Å². The maximum Gasteiger partial charge on any atom is 0.269 e. The minimum Gasteiger partial charge on any atom is -0.396 e. The number of aliphatic hydroxyl groups is 1. The molecule has 2 N–H and O–H groups in total. The second kappa shape index (κ2) is 6.45. The van der Waals surface area contributed by atoms with Crippen molar-refractivity contribution in [3.63, 3.8) is 0 Å². The second-order valence-electron chi connectivity index (χ2n) is 4.80. The van der Waals surface area contributed by atoms with Gasteiger partial charge >= 0.3 is 0 Å². The van der Waals surface area contributed by atoms with Gasteiger partial charge in [-0.2, -0.15) is 0 Å². The molecule has 0 unspecified atom stereocenters. The van der Waals surface area contributed by atoms with Crippen molar-refractivity contribution in [3.05, 3.63) is 28.5 Å². The summed E-state index contributed by atoms with van der Waals surface area (Å²) in [5.41, 5.74) is 0.106. The minimum absolute atomic E-state index is 0.0581. The zero-order valence-corrected chi connectivity index (χ0v) is 12.1. The van der Waals surface area contributed by atoms with Crippen molar-refractivity contribution in [1.82, 2.24) is 10.3 Å². The van der Waals surface area contributed by atoms with Gasteiger partial charge in [-0.25, -0.2) is 4.98 Å². The molecule has 0 bridgehead atoms. The van der Waals surface area contributed by atoms with E-state index in [1.165, 1.54) is 0 Å². The van der Waals surface area contributed by atoms with Gasteiger partial charge in [-0.3, -0.25) is 4.79 Å². The summed E-state index contributed by atoms with van der Waals surface area (Å²) in [4.78, 5) is 16.1. The largest absolute Gasteiger partial charge is 0.396 e. The number of pyridine rings is 1. The lowest BCUT2D eigenvalue weighted by molar-refractivity contribution is -0.0146. The quantitative estimate of drug-likeness (QED) is 0.819. The first-order valence-corrected chi connectivity index (χ1v) is 7.04. The van der Waals surface area contributed by atoms with Crippen LogP contribution in [0.1, 0.15) is 23.3 Å². The predicted molar refractivity (Wildman–Crippen MR) is 73.8 cm³/mol. The second-order valence-corrected chi connectivity index (χ2v) is 5.61. The molecule has 1 fully saturated rings. The molecule has 1 saturated heterocycles. The summed E-state index contributed by atoms with van der Waals surface area (Å²) in [7, 11) is 0. The molecular formula is C13H17BrN2O3. The van der Waals surface area contributed by atoms with Gasteiger partial charge < -0.3 is 15.2 Å². The van der Waals surface area contributed by atoms with Crippen molar-refractivity contribution in [2.75, 3.05) is 26.4 Å². The highest BCUT2D eigenvalue weighted by atomic mass is 79.9. The third-order valence-corrected chi connectivity index (χ3v) is 3.90. The van der Waals surface area contributed by atoms with Crippen molar-refractivity contribution in [2.45, 2.75) is 12.8 Å². The molecule has 1 aliphatic heterocycles. The van der Waals surface area contributed by atoms with E-state index in [1.807, 2.05) is 0 Å². The summed E-state index contributed by atoms with van der Waals surface area (Å²) < 4.78 is 5.92. The Kier molecular flexibility index (Phi) is 4.90. The highest BCUT2D eigenvalue weighted by Crippen LogP contribution is 2.29. The summed E-state index contributed by atoms with van der Waals surface area (Å²) in [6.45, 7) is 1.76. The number of amides is 1.